The summed E-state index contributed by atoms with van der Waals surface area (Å²) in [5, 5.41) is 10.7. The van der Waals surface area contributed by atoms with Crippen molar-refractivity contribution in [2.75, 3.05) is 26.3 Å². The molecule has 9 nitrogen and oxygen atoms in total. The van der Waals surface area contributed by atoms with Crippen LogP contribution in [0, 0.1) is 6.92 Å². The molecule has 170 valence electrons. The molecule has 1 saturated heterocycles. The zero-order chi connectivity index (χ0) is 23.5. The minimum absolute atomic E-state index is 0.0835. The molecule has 1 amide bonds. The molecule has 4 rings (SSSR count). The molecule has 3 aromatic rings. The quantitative estimate of drug-likeness (QED) is 0.521. The SMILES string of the molecule is Cc1cc(-n2c(O)c(C=Nc3ccc(C(=O)N4CCOCC4)cc3)c(=O)[nH]c2=O)ccc1Br. The highest BCUT2D eigenvalue weighted by molar-refractivity contribution is 9.10. The number of hydrogen-bond donors (Lipinski definition) is 2. The van der Waals surface area contributed by atoms with Crippen LogP contribution >= 0.6 is 15.9 Å². The highest BCUT2D eigenvalue weighted by atomic mass is 79.9. The van der Waals surface area contributed by atoms with Gasteiger partial charge in [-0.1, -0.05) is 15.9 Å². The van der Waals surface area contributed by atoms with Gasteiger partial charge in [0, 0.05) is 29.3 Å². The fourth-order valence-corrected chi connectivity index (χ4v) is 3.69. The molecule has 0 saturated carbocycles. The zero-order valence-corrected chi connectivity index (χ0v) is 19.3. The third-order valence-electron chi connectivity index (χ3n) is 5.28. The number of morpholine rings is 1. The number of halogens is 1. The van der Waals surface area contributed by atoms with E-state index in [4.69, 9.17) is 4.74 Å². The van der Waals surface area contributed by atoms with E-state index in [-0.39, 0.29) is 11.5 Å². The lowest BCUT2D eigenvalue weighted by Crippen LogP contribution is -2.40. The van der Waals surface area contributed by atoms with Gasteiger partial charge in [-0.15, -0.1) is 0 Å². The van der Waals surface area contributed by atoms with E-state index < -0.39 is 17.1 Å². The van der Waals surface area contributed by atoms with Gasteiger partial charge in [-0.2, -0.15) is 0 Å². The number of aliphatic imine (C=N–C) groups is 1. The molecule has 1 aromatic heterocycles. The summed E-state index contributed by atoms with van der Waals surface area (Å²) in [6.07, 6.45) is 1.19. The maximum atomic E-state index is 12.5. The Bertz CT molecular complexity index is 1340. The number of hydrogen-bond acceptors (Lipinski definition) is 6. The molecular formula is C23H21BrN4O5. The molecule has 2 aromatic carbocycles. The lowest BCUT2D eigenvalue weighted by atomic mass is 10.1. The van der Waals surface area contributed by atoms with Gasteiger partial charge in [-0.25, -0.2) is 9.36 Å². The van der Waals surface area contributed by atoms with Crippen LogP contribution in [0.3, 0.4) is 0 Å². The van der Waals surface area contributed by atoms with Crippen LogP contribution in [0.2, 0.25) is 0 Å². The maximum absolute atomic E-state index is 12.5. The van der Waals surface area contributed by atoms with E-state index >= 15 is 0 Å². The van der Waals surface area contributed by atoms with Crippen molar-refractivity contribution < 1.29 is 14.6 Å². The number of amides is 1. The van der Waals surface area contributed by atoms with E-state index in [9.17, 15) is 19.5 Å². The largest absolute Gasteiger partial charge is 0.493 e. The fourth-order valence-electron chi connectivity index (χ4n) is 3.44. The Morgan fingerprint density at radius 1 is 1.15 bits per heavy atom. The number of carbonyl (C=O) groups is 1. The Morgan fingerprint density at radius 2 is 1.85 bits per heavy atom. The molecule has 0 spiro atoms. The van der Waals surface area contributed by atoms with Crippen LogP contribution in [0.15, 0.2) is 61.5 Å². The van der Waals surface area contributed by atoms with E-state index in [1.807, 2.05) is 6.92 Å². The van der Waals surface area contributed by atoms with E-state index in [1.54, 1.807) is 47.4 Å². The maximum Gasteiger partial charge on any atom is 0.335 e. The number of rotatable bonds is 4. The van der Waals surface area contributed by atoms with Crippen LogP contribution in [0.1, 0.15) is 21.5 Å². The van der Waals surface area contributed by atoms with E-state index in [0.717, 1.165) is 14.6 Å². The van der Waals surface area contributed by atoms with E-state index in [2.05, 4.69) is 25.9 Å². The zero-order valence-electron chi connectivity index (χ0n) is 17.7. The van der Waals surface area contributed by atoms with Crippen molar-refractivity contribution in [3.8, 4) is 11.6 Å². The second kappa shape index (κ2) is 9.55. The van der Waals surface area contributed by atoms with Crippen LogP contribution in [-0.4, -0.2) is 58.0 Å². The number of nitrogens with one attached hydrogen (secondary N) is 1. The van der Waals surface area contributed by atoms with Gasteiger partial charge < -0.3 is 14.7 Å². The summed E-state index contributed by atoms with van der Waals surface area (Å²) < 4.78 is 7.12. The van der Waals surface area contributed by atoms with Gasteiger partial charge in [0.1, 0.15) is 5.56 Å². The van der Waals surface area contributed by atoms with Gasteiger partial charge in [-0.05, 0) is 55.0 Å². The number of nitrogens with zero attached hydrogens (tertiary/aromatic N) is 3. The molecule has 10 heteroatoms. The molecule has 0 atom stereocenters. The van der Waals surface area contributed by atoms with Crippen LogP contribution < -0.4 is 11.2 Å². The molecule has 1 aliphatic heterocycles. The van der Waals surface area contributed by atoms with E-state index in [1.165, 1.54) is 6.21 Å². The summed E-state index contributed by atoms with van der Waals surface area (Å²) >= 11 is 3.39. The number of carbonyl (C=O) groups excluding carboxylic acids is 1. The standard InChI is InChI=1S/C23H21BrN4O5/c1-14-12-17(6-7-19(14)24)28-22(31)18(20(29)26-23(28)32)13-25-16-4-2-15(3-5-16)21(30)27-8-10-33-11-9-27/h2-7,12-13,31H,8-11H2,1H3,(H,26,29,32). The summed E-state index contributed by atoms with van der Waals surface area (Å²) in [5.41, 5.74) is 0.568. The highest BCUT2D eigenvalue weighted by Crippen LogP contribution is 2.22. The number of H-pyrrole nitrogens is 1. The normalized spacial score (nSPS) is 14.1. The van der Waals surface area contributed by atoms with Crippen LogP contribution in [0.5, 0.6) is 5.88 Å². The van der Waals surface area contributed by atoms with Crippen molar-refractivity contribution in [3.63, 3.8) is 0 Å². The van der Waals surface area contributed by atoms with Crippen molar-refractivity contribution >= 4 is 33.7 Å². The third-order valence-corrected chi connectivity index (χ3v) is 6.17. The number of aromatic amines is 1. The van der Waals surface area contributed by atoms with E-state index in [0.29, 0.717) is 43.2 Å². The third kappa shape index (κ3) is 4.81. The summed E-state index contributed by atoms with van der Waals surface area (Å²) in [6, 6.07) is 11.7. The van der Waals surface area contributed by atoms with Gasteiger partial charge in [0.05, 0.1) is 24.6 Å². The van der Waals surface area contributed by atoms with Crippen molar-refractivity contribution in [1.82, 2.24) is 14.5 Å². The van der Waals surface area contributed by atoms with Gasteiger partial charge in [0.25, 0.3) is 11.5 Å². The average Bonchev–Trinajstić information content (AvgIpc) is 2.81. The molecule has 0 aliphatic carbocycles. The molecule has 2 heterocycles. The van der Waals surface area contributed by atoms with Gasteiger partial charge >= 0.3 is 5.69 Å². The molecule has 0 bridgehead atoms. The second-order valence-electron chi connectivity index (χ2n) is 7.48. The Hall–Kier alpha value is -3.50. The molecule has 1 aliphatic rings. The van der Waals surface area contributed by atoms with Crippen LogP contribution in [0.25, 0.3) is 5.69 Å². The average molecular weight is 513 g/mol. The minimum atomic E-state index is -0.762. The van der Waals surface area contributed by atoms with Crippen LogP contribution in [-0.2, 0) is 4.74 Å². The number of aromatic nitrogens is 2. The fraction of sp³-hybridized carbons (Fsp3) is 0.217. The predicted octanol–water partition coefficient (Wildman–Crippen LogP) is 2.53. The lowest BCUT2D eigenvalue weighted by Gasteiger charge is -2.26. The number of aryl methyl sites for hydroxylation is 1. The number of benzene rings is 2. The molecule has 0 radical (unpaired) electrons. The summed E-state index contributed by atoms with van der Waals surface area (Å²) in [4.78, 5) is 45.4. The first-order chi connectivity index (χ1) is 15.8. The van der Waals surface area contributed by atoms with Gasteiger partial charge in [-0.3, -0.25) is 19.6 Å². The Labute approximate surface area is 197 Å². The summed E-state index contributed by atoms with van der Waals surface area (Å²) in [5.74, 6) is -0.604. The van der Waals surface area contributed by atoms with Crippen molar-refractivity contribution in [2.45, 2.75) is 6.92 Å². The Morgan fingerprint density at radius 3 is 2.52 bits per heavy atom. The van der Waals surface area contributed by atoms with Crippen molar-refractivity contribution in [1.29, 1.82) is 0 Å². The Balaban J connectivity index is 1.61. The molecule has 1 fully saturated rings. The minimum Gasteiger partial charge on any atom is -0.493 e. The summed E-state index contributed by atoms with van der Waals surface area (Å²) in [7, 11) is 0. The smallest absolute Gasteiger partial charge is 0.335 e. The second-order valence-corrected chi connectivity index (χ2v) is 8.33. The summed E-state index contributed by atoms with van der Waals surface area (Å²) in [6.45, 7) is 3.99. The van der Waals surface area contributed by atoms with Crippen molar-refractivity contribution in [2.24, 2.45) is 4.99 Å². The topological polar surface area (TPSA) is 117 Å². The monoisotopic (exact) mass is 512 g/mol. The van der Waals surface area contributed by atoms with Crippen molar-refractivity contribution in [3.05, 3.63) is 84.5 Å². The first kappa shape index (κ1) is 22.7. The molecular weight excluding hydrogens is 492 g/mol. The first-order valence-electron chi connectivity index (χ1n) is 10.2. The van der Waals surface area contributed by atoms with Gasteiger partial charge in [0.2, 0.25) is 5.88 Å². The van der Waals surface area contributed by atoms with Gasteiger partial charge in [0.15, 0.2) is 0 Å². The molecule has 33 heavy (non-hydrogen) atoms. The lowest BCUT2D eigenvalue weighted by molar-refractivity contribution is 0.0303. The Kier molecular flexibility index (Phi) is 6.57. The number of aromatic hydroxyl groups is 1. The molecule has 2 N–H and O–H groups in total. The molecule has 0 unspecified atom stereocenters. The first-order valence-corrected chi connectivity index (χ1v) is 11.0. The highest BCUT2D eigenvalue weighted by Gasteiger charge is 2.18. The number of ether oxygens (including phenoxy) is 1. The van der Waals surface area contributed by atoms with Crippen LogP contribution in [0.4, 0.5) is 5.69 Å². The predicted molar refractivity (Wildman–Crippen MR) is 127 cm³/mol.